The van der Waals surface area contributed by atoms with E-state index in [1.807, 2.05) is 26.1 Å². The lowest BCUT2D eigenvalue weighted by molar-refractivity contribution is 0.415. The lowest BCUT2D eigenvalue weighted by Crippen LogP contribution is -2.29. The summed E-state index contributed by atoms with van der Waals surface area (Å²) in [6.07, 6.45) is 7.10. The van der Waals surface area contributed by atoms with Gasteiger partial charge >= 0.3 is 0 Å². The van der Waals surface area contributed by atoms with Crippen LogP contribution in [0.25, 0.3) is 26.4 Å². The molecular formula is C39H38N4O2S. The van der Waals surface area contributed by atoms with Crippen molar-refractivity contribution < 1.29 is 9.84 Å². The standard InChI is InChI=1S/C19H16N2O.C18H18N2S.C2H4O/c1-22-17-9-6-14(7-10-17)16-8-11-19-20-12-15-4-2-3-5-18(15)21(19)13-16;1-12(2)20(4)15-8-6-14(7-9-15)18-19-16-10-5-13(3)11-17(16)21-18;1-2-3/h2-11,13H,12H2,1H3;5-11H,1H2,2-4H3;2-3H,1H2. The molecule has 232 valence electrons. The van der Waals surface area contributed by atoms with Crippen LogP contribution < -0.4 is 14.5 Å². The van der Waals surface area contributed by atoms with Crippen LogP contribution in [0.2, 0.25) is 0 Å². The number of rotatable bonds is 5. The molecule has 0 atom stereocenters. The number of aromatic nitrogens is 1. The van der Waals surface area contributed by atoms with Crippen LogP contribution in [0.3, 0.4) is 0 Å². The Balaban J connectivity index is 0.000000167. The first kappa shape index (κ1) is 32.0. The topological polar surface area (TPSA) is 61.2 Å². The van der Waals surface area contributed by atoms with Crippen molar-refractivity contribution in [3.8, 4) is 16.3 Å². The summed E-state index contributed by atoms with van der Waals surface area (Å²) in [6, 6.07) is 31.4. The molecule has 7 heteroatoms. The van der Waals surface area contributed by atoms with Crippen LogP contribution in [0.5, 0.6) is 5.75 Å². The summed E-state index contributed by atoms with van der Waals surface area (Å²) in [5.74, 6) is 1.87. The lowest BCUT2D eigenvalue weighted by atomic mass is 10.0. The fourth-order valence-corrected chi connectivity index (χ4v) is 6.09. The highest BCUT2D eigenvalue weighted by Gasteiger charge is 2.21. The van der Waals surface area contributed by atoms with Crippen LogP contribution in [-0.4, -0.2) is 30.1 Å². The summed E-state index contributed by atoms with van der Waals surface area (Å²) >= 11 is 1.74. The maximum atomic E-state index is 7.33. The van der Waals surface area contributed by atoms with Gasteiger partial charge in [0, 0.05) is 30.2 Å². The van der Waals surface area contributed by atoms with Gasteiger partial charge in [0.2, 0.25) is 0 Å². The molecule has 0 aliphatic carbocycles. The number of hydrogen-bond donors (Lipinski definition) is 1. The number of allylic oxidation sites excluding steroid dienone is 3. The Labute approximate surface area is 275 Å². The van der Waals surface area contributed by atoms with E-state index in [2.05, 4.69) is 132 Å². The monoisotopic (exact) mass is 626 g/mol. The summed E-state index contributed by atoms with van der Waals surface area (Å²) in [5.41, 5.74) is 10.5. The van der Waals surface area contributed by atoms with Gasteiger partial charge < -0.3 is 19.6 Å². The normalized spacial score (nSPS) is 12.7. The van der Waals surface area contributed by atoms with Crippen LogP contribution in [0, 0.1) is 6.92 Å². The number of anilines is 2. The molecule has 0 saturated heterocycles. The zero-order chi connectivity index (χ0) is 32.6. The second-order valence-electron chi connectivity index (χ2n) is 10.8. The number of aliphatic hydroxyl groups is 1. The highest BCUT2D eigenvalue weighted by Crippen LogP contribution is 2.33. The fraction of sp³-hybridized carbons (Fsp3) is 0.128. The van der Waals surface area contributed by atoms with E-state index in [4.69, 9.17) is 14.8 Å². The summed E-state index contributed by atoms with van der Waals surface area (Å²) in [4.78, 5) is 13.6. The molecule has 1 aromatic heterocycles. The van der Waals surface area contributed by atoms with Gasteiger partial charge in [-0.15, -0.1) is 11.3 Å². The van der Waals surface area contributed by atoms with Gasteiger partial charge in [-0.05, 0) is 103 Å². The second-order valence-corrected chi connectivity index (χ2v) is 11.9. The average molecular weight is 627 g/mol. The van der Waals surface area contributed by atoms with Crippen LogP contribution in [0.4, 0.5) is 11.4 Å². The highest BCUT2D eigenvalue weighted by atomic mass is 32.1. The third-order valence-corrected chi connectivity index (χ3v) is 8.70. The number of hydrogen-bond acceptors (Lipinski definition) is 7. The number of para-hydroxylation sites is 1. The maximum absolute atomic E-state index is 7.33. The number of thiazole rings is 1. The highest BCUT2D eigenvalue weighted by molar-refractivity contribution is 7.21. The number of amidine groups is 1. The first-order valence-corrected chi connectivity index (χ1v) is 15.7. The third-order valence-electron chi connectivity index (χ3n) is 7.63. The van der Waals surface area contributed by atoms with E-state index in [0.29, 0.717) is 0 Å². The van der Waals surface area contributed by atoms with Gasteiger partial charge in [-0.25, -0.2) is 4.98 Å². The van der Waals surface area contributed by atoms with Crippen molar-refractivity contribution >= 4 is 44.3 Å². The average Bonchev–Trinajstić information content (AvgIpc) is 3.52. The quantitative estimate of drug-likeness (QED) is 0.197. The Morgan fingerprint density at radius 2 is 1.67 bits per heavy atom. The van der Waals surface area contributed by atoms with Gasteiger partial charge in [-0.2, -0.15) is 0 Å². The number of aliphatic imine (C=N–C) groups is 1. The van der Waals surface area contributed by atoms with Crippen molar-refractivity contribution in [1.82, 2.24) is 4.98 Å². The number of benzene rings is 4. The van der Waals surface area contributed by atoms with E-state index < -0.39 is 0 Å². The van der Waals surface area contributed by atoms with Crippen molar-refractivity contribution in [2.75, 3.05) is 24.0 Å². The molecular weight excluding hydrogens is 589 g/mol. The molecule has 2 aliphatic heterocycles. The molecule has 6 nitrogen and oxygen atoms in total. The first-order valence-electron chi connectivity index (χ1n) is 14.9. The number of nitrogens with zero attached hydrogens (tertiary/aromatic N) is 4. The Morgan fingerprint density at radius 3 is 2.37 bits per heavy atom. The van der Waals surface area contributed by atoms with E-state index >= 15 is 0 Å². The van der Waals surface area contributed by atoms with Gasteiger partial charge in [-0.1, -0.05) is 49.6 Å². The van der Waals surface area contributed by atoms with Gasteiger partial charge in [0.15, 0.2) is 0 Å². The van der Waals surface area contributed by atoms with E-state index in [1.165, 1.54) is 32.7 Å². The van der Waals surface area contributed by atoms with Crippen LogP contribution >= 0.6 is 11.3 Å². The minimum absolute atomic E-state index is 0.748. The SMILES string of the molecule is C=C(C)N(C)c1ccc(-c2nc3ccc(C)cc3s2)cc1.C=CO.COc1ccc(C2=CN3C(=NCc4ccccc43)C=C2)cc1. The molecule has 0 unspecified atom stereocenters. The third kappa shape index (κ3) is 7.28. The van der Waals surface area contributed by atoms with Gasteiger partial charge in [0.05, 0.1) is 35.8 Å². The number of fused-ring (bicyclic) bond motifs is 4. The van der Waals surface area contributed by atoms with Crippen molar-refractivity contribution in [1.29, 1.82) is 0 Å². The molecule has 3 heterocycles. The summed E-state index contributed by atoms with van der Waals surface area (Å²) < 4.78 is 6.47. The number of aryl methyl sites for hydroxylation is 1. The molecule has 0 spiro atoms. The zero-order valence-corrected chi connectivity index (χ0v) is 27.5. The largest absolute Gasteiger partial charge is 0.516 e. The van der Waals surface area contributed by atoms with Crippen molar-refractivity contribution in [2.24, 2.45) is 4.99 Å². The lowest BCUT2D eigenvalue weighted by Gasteiger charge is -2.30. The van der Waals surface area contributed by atoms with Crippen molar-refractivity contribution in [3.63, 3.8) is 0 Å². The van der Waals surface area contributed by atoms with Crippen LogP contribution in [0.1, 0.15) is 23.6 Å². The molecule has 0 saturated carbocycles. The molecule has 0 amide bonds. The van der Waals surface area contributed by atoms with E-state index in [1.54, 1.807) is 18.4 Å². The maximum Gasteiger partial charge on any atom is 0.132 e. The van der Waals surface area contributed by atoms with Gasteiger partial charge in [0.1, 0.15) is 16.6 Å². The van der Waals surface area contributed by atoms with E-state index in [9.17, 15) is 0 Å². The smallest absolute Gasteiger partial charge is 0.132 e. The van der Waals surface area contributed by atoms with E-state index in [-0.39, 0.29) is 0 Å². The molecule has 0 bridgehead atoms. The first-order chi connectivity index (χ1) is 22.3. The fourth-order valence-electron chi connectivity index (χ4n) is 5.02. The Bertz CT molecular complexity index is 1940. The summed E-state index contributed by atoms with van der Waals surface area (Å²) in [5, 5.41) is 8.40. The van der Waals surface area contributed by atoms with Crippen molar-refractivity contribution in [3.05, 3.63) is 151 Å². The number of ether oxygens (including phenoxy) is 1. The predicted molar refractivity (Wildman–Crippen MR) is 196 cm³/mol. The Kier molecular flexibility index (Phi) is 10.1. The number of aliphatic hydroxyl groups excluding tert-OH is 1. The predicted octanol–water partition coefficient (Wildman–Crippen LogP) is 9.95. The molecule has 46 heavy (non-hydrogen) atoms. The summed E-state index contributed by atoms with van der Waals surface area (Å²) in [7, 11) is 3.71. The Hall–Kier alpha value is -5.40. The van der Waals surface area contributed by atoms with Gasteiger partial charge in [0.25, 0.3) is 0 Å². The molecule has 5 aromatic rings. The van der Waals surface area contributed by atoms with Crippen LogP contribution in [-0.2, 0) is 6.54 Å². The minimum atomic E-state index is 0.748. The van der Waals surface area contributed by atoms with E-state index in [0.717, 1.165) is 51.9 Å². The second kappa shape index (κ2) is 14.6. The molecule has 4 aromatic carbocycles. The minimum Gasteiger partial charge on any atom is -0.516 e. The van der Waals surface area contributed by atoms with Crippen LogP contribution in [0.15, 0.2) is 139 Å². The number of methoxy groups -OCH3 is 1. The Morgan fingerprint density at radius 1 is 0.978 bits per heavy atom. The molecule has 0 radical (unpaired) electrons. The zero-order valence-electron chi connectivity index (χ0n) is 26.6. The molecule has 7 rings (SSSR count). The van der Waals surface area contributed by atoms with Gasteiger partial charge in [-0.3, -0.25) is 4.99 Å². The molecule has 1 N–H and O–H groups in total. The molecule has 0 fully saturated rings. The molecule has 2 aliphatic rings. The van der Waals surface area contributed by atoms with Crippen molar-refractivity contribution in [2.45, 2.75) is 20.4 Å². The summed E-state index contributed by atoms with van der Waals surface area (Å²) in [6.45, 7) is 11.7.